The van der Waals surface area contributed by atoms with Gasteiger partial charge in [-0.2, -0.15) is 0 Å². The van der Waals surface area contributed by atoms with Crippen molar-refractivity contribution in [2.24, 2.45) is 7.05 Å². The fourth-order valence-electron chi connectivity index (χ4n) is 2.83. The average Bonchev–Trinajstić information content (AvgIpc) is 3.28. The first-order chi connectivity index (χ1) is 11.6. The Balaban J connectivity index is 1.70. The number of aromatic nitrogens is 5. The molecule has 3 aromatic rings. The number of nitrogens with zero attached hydrogens (tertiary/aromatic N) is 5. The third-order valence-corrected chi connectivity index (χ3v) is 4.00. The van der Waals surface area contributed by atoms with Crippen molar-refractivity contribution in [2.45, 2.75) is 19.9 Å². The minimum Gasteiger partial charge on any atom is -0.334 e. The molecule has 1 aliphatic heterocycles. The van der Waals surface area contributed by atoms with Crippen LogP contribution in [0.15, 0.2) is 30.7 Å². The highest BCUT2D eigenvalue weighted by Crippen LogP contribution is 2.33. The molecule has 7 heteroatoms. The van der Waals surface area contributed by atoms with Gasteiger partial charge in [0.2, 0.25) is 0 Å². The van der Waals surface area contributed by atoms with Crippen molar-refractivity contribution < 1.29 is 0 Å². The summed E-state index contributed by atoms with van der Waals surface area (Å²) < 4.78 is 2.01. The number of nitrogens with one attached hydrogen (secondary N) is 2. The highest BCUT2D eigenvalue weighted by Gasteiger charge is 2.27. The number of rotatable bonds is 4. The van der Waals surface area contributed by atoms with Gasteiger partial charge in [-0.05, 0) is 25.5 Å². The standard InChI is InChI=1S/C17H19N7/c1-10-6-16(22-11(2)21-10)23-15-7-12(14-9-19-14)13(8-20-15)17-18-4-5-24(17)3/h4-8,14,19H,9H2,1-3H3,(H,20,21,22,23). The Labute approximate surface area is 140 Å². The minimum absolute atomic E-state index is 0.356. The molecule has 4 rings (SSSR count). The quantitative estimate of drug-likeness (QED) is 0.716. The highest BCUT2D eigenvalue weighted by atomic mass is 15.1. The molecule has 0 bridgehead atoms. The van der Waals surface area contributed by atoms with Gasteiger partial charge in [0.1, 0.15) is 23.3 Å². The Hall–Kier alpha value is -2.80. The van der Waals surface area contributed by atoms with E-state index in [9.17, 15) is 0 Å². The van der Waals surface area contributed by atoms with Gasteiger partial charge in [-0.1, -0.05) is 0 Å². The number of anilines is 2. The number of hydrogen-bond acceptors (Lipinski definition) is 6. The summed E-state index contributed by atoms with van der Waals surface area (Å²) in [6.45, 7) is 4.82. The van der Waals surface area contributed by atoms with E-state index in [1.807, 2.05) is 43.9 Å². The monoisotopic (exact) mass is 321 g/mol. The Bertz CT molecular complexity index is 875. The summed E-state index contributed by atoms with van der Waals surface area (Å²) in [5, 5.41) is 6.64. The molecule has 4 heterocycles. The zero-order valence-electron chi connectivity index (χ0n) is 13.9. The molecule has 1 unspecified atom stereocenters. The van der Waals surface area contributed by atoms with Crippen molar-refractivity contribution in [1.82, 2.24) is 29.8 Å². The van der Waals surface area contributed by atoms with Crippen LogP contribution in [0.25, 0.3) is 11.4 Å². The Kier molecular flexibility index (Phi) is 3.50. The normalized spacial score (nSPS) is 16.2. The van der Waals surface area contributed by atoms with Gasteiger partial charge in [0.05, 0.1) is 0 Å². The van der Waals surface area contributed by atoms with Crippen LogP contribution in [0.3, 0.4) is 0 Å². The number of hydrogen-bond donors (Lipinski definition) is 2. The Morgan fingerprint density at radius 1 is 1.17 bits per heavy atom. The van der Waals surface area contributed by atoms with Crippen LogP contribution in [0.2, 0.25) is 0 Å². The average molecular weight is 321 g/mol. The molecule has 1 atom stereocenters. The van der Waals surface area contributed by atoms with E-state index < -0.39 is 0 Å². The molecule has 24 heavy (non-hydrogen) atoms. The van der Waals surface area contributed by atoms with E-state index >= 15 is 0 Å². The van der Waals surface area contributed by atoms with E-state index in [1.165, 1.54) is 5.56 Å². The topological polar surface area (TPSA) is 90.5 Å². The van der Waals surface area contributed by atoms with Crippen LogP contribution in [-0.4, -0.2) is 31.0 Å². The van der Waals surface area contributed by atoms with Gasteiger partial charge < -0.3 is 15.2 Å². The first-order valence-electron chi connectivity index (χ1n) is 7.90. The summed E-state index contributed by atoms with van der Waals surface area (Å²) in [6, 6.07) is 4.34. The summed E-state index contributed by atoms with van der Waals surface area (Å²) in [7, 11) is 1.99. The lowest BCUT2D eigenvalue weighted by molar-refractivity contribution is 0.917. The van der Waals surface area contributed by atoms with Gasteiger partial charge in [-0.25, -0.2) is 19.9 Å². The van der Waals surface area contributed by atoms with E-state index in [4.69, 9.17) is 0 Å². The van der Waals surface area contributed by atoms with Gasteiger partial charge in [0.15, 0.2) is 0 Å². The third kappa shape index (κ3) is 2.85. The highest BCUT2D eigenvalue weighted by molar-refractivity contribution is 5.66. The minimum atomic E-state index is 0.356. The zero-order chi connectivity index (χ0) is 16.7. The molecule has 0 saturated carbocycles. The van der Waals surface area contributed by atoms with Crippen LogP contribution in [0.4, 0.5) is 11.6 Å². The molecule has 2 N–H and O–H groups in total. The van der Waals surface area contributed by atoms with Gasteiger partial charge in [0.25, 0.3) is 0 Å². The van der Waals surface area contributed by atoms with Crippen molar-refractivity contribution >= 4 is 11.6 Å². The predicted molar refractivity (Wildman–Crippen MR) is 92.0 cm³/mol. The Morgan fingerprint density at radius 2 is 2.00 bits per heavy atom. The van der Waals surface area contributed by atoms with Crippen LogP contribution in [0, 0.1) is 13.8 Å². The molecule has 0 aromatic carbocycles. The molecule has 3 aromatic heterocycles. The second-order valence-corrected chi connectivity index (χ2v) is 6.05. The summed E-state index contributed by atoms with van der Waals surface area (Å²) in [6.07, 6.45) is 5.62. The molecule has 0 aliphatic carbocycles. The van der Waals surface area contributed by atoms with Crippen molar-refractivity contribution in [3.05, 3.63) is 47.8 Å². The second kappa shape index (κ2) is 5.68. The number of pyridine rings is 1. The van der Waals surface area contributed by atoms with Gasteiger partial charge in [0, 0.05) is 55.5 Å². The molecule has 0 radical (unpaired) electrons. The summed E-state index contributed by atoms with van der Waals surface area (Å²) in [5.74, 6) is 3.19. The SMILES string of the molecule is Cc1cc(Nc2cc(C3CN3)c(-c3nccn3C)cn2)nc(C)n1. The molecule has 7 nitrogen and oxygen atoms in total. The smallest absolute Gasteiger partial charge is 0.141 e. The fourth-order valence-corrected chi connectivity index (χ4v) is 2.83. The van der Waals surface area contributed by atoms with Crippen molar-refractivity contribution in [2.75, 3.05) is 11.9 Å². The molecule has 0 spiro atoms. The fraction of sp³-hybridized carbons (Fsp3) is 0.294. The number of aryl methyl sites for hydroxylation is 3. The van der Waals surface area contributed by atoms with Crippen molar-refractivity contribution in [1.29, 1.82) is 0 Å². The summed E-state index contributed by atoms with van der Waals surface area (Å²) in [4.78, 5) is 17.7. The summed E-state index contributed by atoms with van der Waals surface area (Å²) >= 11 is 0. The maximum Gasteiger partial charge on any atom is 0.141 e. The molecular formula is C17H19N7. The van der Waals surface area contributed by atoms with E-state index in [1.54, 1.807) is 6.20 Å². The molecular weight excluding hydrogens is 302 g/mol. The van der Waals surface area contributed by atoms with Crippen LogP contribution in [0.1, 0.15) is 23.1 Å². The van der Waals surface area contributed by atoms with E-state index in [-0.39, 0.29) is 0 Å². The van der Waals surface area contributed by atoms with E-state index in [2.05, 4.69) is 36.6 Å². The van der Waals surface area contributed by atoms with Gasteiger partial charge in [-0.15, -0.1) is 0 Å². The predicted octanol–water partition coefficient (Wildman–Crippen LogP) is 2.28. The first kappa shape index (κ1) is 14.8. The van der Waals surface area contributed by atoms with Crippen LogP contribution in [-0.2, 0) is 7.05 Å². The maximum absolute atomic E-state index is 4.55. The lowest BCUT2D eigenvalue weighted by atomic mass is 10.1. The van der Waals surface area contributed by atoms with Crippen molar-refractivity contribution in [3.63, 3.8) is 0 Å². The largest absolute Gasteiger partial charge is 0.334 e. The van der Waals surface area contributed by atoms with Crippen LogP contribution < -0.4 is 10.6 Å². The zero-order valence-corrected chi connectivity index (χ0v) is 13.9. The molecule has 122 valence electrons. The molecule has 1 saturated heterocycles. The third-order valence-electron chi connectivity index (χ3n) is 4.00. The van der Waals surface area contributed by atoms with Crippen LogP contribution >= 0.6 is 0 Å². The van der Waals surface area contributed by atoms with E-state index in [0.717, 1.165) is 41.1 Å². The van der Waals surface area contributed by atoms with Gasteiger partial charge >= 0.3 is 0 Å². The summed E-state index contributed by atoms with van der Waals surface area (Å²) in [5.41, 5.74) is 3.18. The van der Waals surface area contributed by atoms with Gasteiger partial charge in [-0.3, -0.25) is 0 Å². The molecule has 0 amide bonds. The van der Waals surface area contributed by atoms with Crippen LogP contribution in [0.5, 0.6) is 0 Å². The van der Waals surface area contributed by atoms with Crippen molar-refractivity contribution in [3.8, 4) is 11.4 Å². The number of imidazole rings is 1. The molecule has 1 fully saturated rings. The maximum atomic E-state index is 4.55. The molecule has 1 aliphatic rings. The first-order valence-corrected chi connectivity index (χ1v) is 7.90. The lowest BCUT2D eigenvalue weighted by Crippen LogP contribution is -2.03. The Morgan fingerprint density at radius 3 is 2.67 bits per heavy atom. The van der Waals surface area contributed by atoms with E-state index in [0.29, 0.717) is 6.04 Å². The second-order valence-electron chi connectivity index (χ2n) is 6.05. The lowest BCUT2D eigenvalue weighted by Gasteiger charge is -2.12.